The molecule has 142 valence electrons. The first-order chi connectivity index (χ1) is 12.5. The first-order valence-corrected chi connectivity index (χ1v) is 8.27. The molecule has 2 N–H and O–H groups in total. The van der Waals surface area contributed by atoms with Crippen molar-refractivity contribution in [2.24, 2.45) is 0 Å². The number of allylic oxidation sites excluding steroid dienone is 1. The summed E-state index contributed by atoms with van der Waals surface area (Å²) in [4.78, 5) is 26.4. The standard InChI is InChI=1S/C18H24N2O6/c1-5-26-17(22)14-11(2)20(9-10-21)18(23)19-15(14)12-7-6-8-13(24-3)16(12)25-4/h6-8,15,21H,5,9-10H2,1-4H3,(H,19,23)/t15-/m0/s1. The van der Waals surface area contributed by atoms with Crippen molar-refractivity contribution in [2.75, 3.05) is 34.0 Å². The average Bonchev–Trinajstić information content (AvgIpc) is 2.63. The summed E-state index contributed by atoms with van der Waals surface area (Å²) in [5.74, 6) is 0.367. The predicted octanol–water partition coefficient (Wildman–Crippen LogP) is 1.60. The lowest BCUT2D eigenvalue weighted by Gasteiger charge is -2.35. The number of aliphatic hydroxyl groups excluding tert-OH is 1. The molecule has 0 unspecified atom stereocenters. The molecule has 0 aromatic heterocycles. The van der Waals surface area contributed by atoms with Gasteiger partial charge in [-0.2, -0.15) is 0 Å². The zero-order valence-electron chi connectivity index (χ0n) is 15.4. The van der Waals surface area contributed by atoms with Gasteiger partial charge in [0.2, 0.25) is 0 Å². The van der Waals surface area contributed by atoms with Gasteiger partial charge in [-0.3, -0.25) is 4.90 Å². The molecule has 0 saturated carbocycles. The molecule has 0 aliphatic carbocycles. The number of β-amino-alcohol motifs (C(OH)–C–C–N with tert-alkyl or cyclic N) is 1. The summed E-state index contributed by atoms with van der Waals surface area (Å²) in [5, 5.41) is 12.0. The lowest BCUT2D eigenvalue weighted by atomic mass is 9.94. The zero-order chi connectivity index (χ0) is 19.3. The lowest BCUT2D eigenvalue weighted by Crippen LogP contribution is -2.49. The fraction of sp³-hybridized carbons (Fsp3) is 0.444. The van der Waals surface area contributed by atoms with Crippen LogP contribution in [0.3, 0.4) is 0 Å². The third-order valence-corrected chi connectivity index (χ3v) is 4.16. The van der Waals surface area contributed by atoms with Crippen molar-refractivity contribution in [1.82, 2.24) is 10.2 Å². The first kappa shape index (κ1) is 19.6. The second-order valence-corrected chi connectivity index (χ2v) is 5.56. The van der Waals surface area contributed by atoms with Crippen LogP contribution in [0.2, 0.25) is 0 Å². The van der Waals surface area contributed by atoms with E-state index in [-0.39, 0.29) is 25.3 Å². The number of rotatable bonds is 7. The number of ether oxygens (including phenoxy) is 3. The molecule has 1 atom stereocenters. The van der Waals surface area contributed by atoms with Crippen LogP contribution in [0.25, 0.3) is 0 Å². The van der Waals surface area contributed by atoms with Gasteiger partial charge in [0.15, 0.2) is 11.5 Å². The van der Waals surface area contributed by atoms with E-state index in [9.17, 15) is 14.7 Å². The van der Waals surface area contributed by atoms with Crippen molar-refractivity contribution in [3.8, 4) is 11.5 Å². The van der Waals surface area contributed by atoms with Gasteiger partial charge in [0.05, 0.1) is 45.6 Å². The molecule has 2 rings (SSSR count). The van der Waals surface area contributed by atoms with Crippen LogP contribution in [0, 0.1) is 0 Å². The summed E-state index contributed by atoms with van der Waals surface area (Å²) >= 11 is 0. The third kappa shape index (κ3) is 3.60. The van der Waals surface area contributed by atoms with Crippen molar-refractivity contribution < 1.29 is 28.9 Å². The Labute approximate surface area is 152 Å². The van der Waals surface area contributed by atoms with Crippen LogP contribution in [-0.4, -0.2) is 56.0 Å². The Morgan fingerprint density at radius 3 is 2.62 bits per heavy atom. The van der Waals surface area contributed by atoms with Gasteiger partial charge in [0, 0.05) is 11.3 Å². The number of benzene rings is 1. The van der Waals surface area contributed by atoms with Crippen LogP contribution in [0.1, 0.15) is 25.5 Å². The number of carbonyl (C=O) groups is 2. The predicted molar refractivity (Wildman–Crippen MR) is 93.9 cm³/mol. The Balaban J connectivity index is 2.62. The lowest BCUT2D eigenvalue weighted by molar-refractivity contribution is -0.139. The van der Waals surface area contributed by atoms with Crippen LogP contribution in [0.4, 0.5) is 4.79 Å². The number of carbonyl (C=O) groups excluding carboxylic acids is 2. The summed E-state index contributed by atoms with van der Waals surface area (Å²) in [6, 6.07) is 4.05. The molecule has 1 aliphatic rings. The second kappa shape index (κ2) is 8.57. The summed E-state index contributed by atoms with van der Waals surface area (Å²) in [6.07, 6.45) is 0. The van der Waals surface area contributed by atoms with Gasteiger partial charge in [0.1, 0.15) is 0 Å². The highest BCUT2D eigenvalue weighted by molar-refractivity contribution is 5.95. The molecule has 1 aliphatic heterocycles. The molecular weight excluding hydrogens is 340 g/mol. The summed E-state index contributed by atoms with van der Waals surface area (Å²) in [7, 11) is 3.00. The van der Waals surface area contributed by atoms with Gasteiger partial charge in [-0.05, 0) is 19.9 Å². The van der Waals surface area contributed by atoms with E-state index in [1.165, 1.54) is 19.1 Å². The molecule has 1 aromatic carbocycles. The van der Waals surface area contributed by atoms with E-state index in [0.29, 0.717) is 22.8 Å². The molecule has 0 spiro atoms. The molecule has 8 nitrogen and oxygen atoms in total. The van der Waals surface area contributed by atoms with Crippen molar-refractivity contribution in [3.05, 3.63) is 35.0 Å². The minimum absolute atomic E-state index is 0.0720. The number of hydrogen-bond acceptors (Lipinski definition) is 6. The van der Waals surface area contributed by atoms with Gasteiger partial charge in [0.25, 0.3) is 0 Å². The number of methoxy groups -OCH3 is 2. The molecule has 1 aromatic rings. The maximum Gasteiger partial charge on any atom is 0.338 e. The SMILES string of the molecule is CCOC(=O)C1=C(C)N(CCO)C(=O)N[C@H]1c1cccc(OC)c1OC. The molecule has 2 amide bonds. The van der Waals surface area contributed by atoms with Crippen LogP contribution in [-0.2, 0) is 9.53 Å². The van der Waals surface area contributed by atoms with E-state index in [4.69, 9.17) is 14.2 Å². The molecule has 0 bridgehead atoms. The first-order valence-electron chi connectivity index (χ1n) is 8.27. The van der Waals surface area contributed by atoms with Gasteiger partial charge < -0.3 is 24.6 Å². The summed E-state index contributed by atoms with van der Waals surface area (Å²) in [5.41, 5.74) is 1.29. The zero-order valence-corrected chi connectivity index (χ0v) is 15.4. The Bertz CT molecular complexity index is 716. The normalized spacial score (nSPS) is 17.0. The van der Waals surface area contributed by atoms with E-state index >= 15 is 0 Å². The van der Waals surface area contributed by atoms with Crippen LogP contribution in [0.5, 0.6) is 11.5 Å². The summed E-state index contributed by atoms with van der Waals surface area (Å²) in [6.45, 7) is 3.41. The second-order valence-electron chi connectivity index (χ2n) is 5.56. The molecule has 26 heavy (non-hydrogen) atoms. The van der Waals surface area contributed by atoms with E-state index in [1.54, 1.807) is 32.0 Å². The fourth-order valence-corrected chi connectivity index (χ4v) is 3.00. The molecular formula is C18H24N2O6. The van der Waals surface area contributed by atoms with E-state index < -0.39 is 18.0 Å². The highest BCUT2D eigenvalue weighted by Gasteiger charge is 2.38. The highest BCUT2D eigenvalue weighted by Crippen LogP contribution is 2.40. The molecule has 0 fully saturated rings. The van der Waals surface area contributed by atoms with Crippen molar-refractivity contribution >= 4 is 12.0 Å². The highest BCUT2D eigenvalue weighted by atomic mass is 16.5. The van der Waals surface area contributed by atoms with Gasteiger partial charge >= 0.3 is 12.0 Å². The quantitative estimate of drug-likeness (QED) is 0.714. The van der Waals surface area contributed by atoms with Gasteiger partial charge in [-0.15, -0.1) is 0 Å². The number of aliphatic hydroxyl groups is 1. The number of nitrogens with zero attached hydrogens (tertiary/aromatic N) is 1. The molecule has 0 radical (unpaired) electrons. The molecule has 1 heterocycles. The maximum atomic E-state index is 12.6. The minimum Gasteiger partial charge on any atom is -0.493 e. The topological polar surface area (TPSA) is 97.3 Å². The van der Waals surface area contributed by atoms with Crippen LogP contribution < -0.4 is 14.8 Å². The fourth-order valence-electron chi connectivity index (χ4n) is 3.00. The molecule has 0 saturated heterocycles. The van der Waals surface area contributed by atoms with E-state index in [2.05, 4.69) is 5.32 Å². The van der Waals surface area contributed by atoms with Crippen molar-refractivity contribution in [3.63, 3.8) is 0 Å². The largest absolute Gasteiger partial charge is 0.493 e. The van der Waals surface area contributed by atoms with Crippen molar-refractivity contribution in [2.45, 2.75) is 19.9 Å². The Morgan fingerprint density at radius 1 is 1.31 bits per heavy atom. The maximum absolute atomic E-state index is 12.6. The summed E-state index contributed by atoms with van der Waals surface area (Å²) < 4.78 is 15.9. The van der Waals surface area contributed by atoms with Crippen LogP contribution in [0.15, 0.2) is 29.5 Å². The average molecular weight is 364 g/mol. The number of hydrogen-bond donors (Lipinski definition) is 2. The number of para-hydroxylation sites is 1. The Kier molecular flexibility index (Phi) is 6.46. The van der Waals surface area contributed by atoms with Crippen molar-refractivity contribution in [1.29, 1.82) is 0 Å². The van der Waals surface area contributed by atoms with E-state index in [1.807, 2.05) is 0 Å². The smallest absolute Gasteiger partial charge is 0.338 e. The molecule has 8 heteroatoms. The number of urea groups is 1. The minimum atomic E-state index is -0.762. The third-order valence-electron chi connectivity index (χ3n) is 4.16. The van der Waals surface area contributed by atoms with E-state index in [0.717, 1.165) is 0 Å². The van der Waals surface area contributed by atoms with Gasteiger partial charge in [-0.1, -0.05) is 12.1 Å². The van der Waals surface area contributed by atoms with Gasteiger partial charge in [-0.25, -0.2) is 9.59 Å². The Hall–Kier alpha value is -2.74. The number of amides is 2. The Morgan fingerprint density at radius 2 is 2.04 bits per heavy atom. The number of esters is 1. The van der Waals surface area contributed by atoms with Crippen LogP contribution >= 0.6 is 0 Å². The number of nitrogens with one attached hydrogen (secondary N) is 1. The monoisotopic (exact) mass is 364 g/mol.